The number of rotatable bonds is 6. The summed E-state index contributed by atoms with van der Waals surface area (Å²) in [5, 5.41) is 5.15. The highest BCUT2D eigenvalue weighted by molar-refractivity contribution is 7.26. The molecule has 8 aromatic carbocycles. The molecule has 63 heavy (non-hydrogen) atoms. The zero-order chi connectivity index (χ0) is 41.4. The van der Waals surface area contributed by atoms with Crippen molar-refractivity contribution < 1.29 is 4.42 Å². The summed E-state index contributed by atoms with van der Waals surface area (Å²) in [6.45, 7) is 0. The first-order chi connectivity index (χ1) is 31.2. The van der Waals surface area contributed by atoms with E-state index in [1.807, 2.05) is 78.9 Å². The van der Waals surface area contributed by atoms with Crippen LogP contribution in [0.3, 0.4) is 0 Å². The van der Waals surface area contributed by atoms with Crippen molar-refractivity contribution in [3.05, 3.63) is 194 Å². The number of aromatic nitrogens is 6. The van der Waals surface area contributed by atoms with E-state index in [-0.39, 0.29) is 0 Å². The van der Waals surface area contributed by atoms with Gasteiger partial charge in [-0.15, -0.1) is 11.3 Å². The molecule has 0 saturated carbocycles. The third-order valence-corrected chi connectivity index (χ3v) is 13.1. The second-order valence-electron chi connectivity index (χ2n) is 15.6. The van der Waals surface area contributed by atoms with Crippen molar-refractivity contribution in [2.45, 2.75) is 0 Å². The molecule has 5 aromatic heterocycles. The average molecular weight is 825 g/mol. The molecule has 0 saturated heterocycles. The summed E-state index contributed by atoms with van der Waals surface area (Å²) in [6.07, 6.45) is 0. The fourth-order valence-corrected chi connectivity index (χ4v) is 10.3. The molecule has 0 fully saturated rings. The van der Waals surface area contributed by atoms with E-state index in [0.717, 1.165) is 103 Å². The Morgan fingerprint density at radius 1 is 0.381 bits per heavy atom. The van der Waals surface area contributed by atoms with E-state index in [0.29, 0.717) is 23.3 Å². The highest BCUT2D eigenvalue weighted by Crippen LogP contribution is 2.46. The first-order valence-corrected chi connectivity index (χ1v) is 21.7. The maximum absolute atomic E-state index is 6.73. The molecule has 0 atom stereocenters. The third kappa shape index (κ3) is 5.62. The van der Waals surface area contributed by atoms with Crippen molar-refractivity contribution in [3.63, 3.8) is 0 Å². The van der Waals surface area contributed by atoms with E-state index in [2.05, 4.69) is 120 Å². The van der Waals surface area contributed by atoms with Crippen LogP contribution in [0.15, 0.2) is 199 Å². The highest BCUT2D eigenvalue weighted by atomic mass is 32.1. The maximum Gasteiger partial charge on any atom is 0.164 e. The molecule has 7 nitrogen and oxygen atoms in total. The topological polar surface area (TPSA) is 82.5 Å². The van der Waals surface area contributed by atoms with Crippen molar-refractivity contribution in [2.24, 2.45) is 0 Å². The molecular weight excluding hydrogens is 793 g/mol. The Balaban J connectivity index is 1.09. The van der Waals surface area contributed by atoms with E-state index in [4.69, 9.17) is 29.3 Å². The largest absolute Gasteiger partial charge is 0.456 e. The van der Waals surface area contributed by atoms with Gasteiger partial charge in [-0.1, -0.05) is 152 Å². The van der Waals surface area contributed by atoms with Crippen molar-refractivity contribution in [1.82, 2.24) is 29.5 Å². The lowest BCUT2D eigenvalue weighted by Gasteiger charge is -2.12. The number of fused-ring (bicyclic) bond motifs is 9. The van der Waals surface area contributed by atoms with Gasteiger partial charge in [0, 0.05) is 65.1 Å². The SMILES string of the molecule is c1ccc(-c2nc(-c3cccc4oc5cccc(-c6nc(-c7ccccc7)nc7c6sc6ccccc67)c5c34)nc(-c3cccc4c3c3ccccc3n4-c3ccccc3)n2)cc1. The van der Waals surface area contributed by atoms with Gasteiger partial charge < -0.3 is 8.98 Å². The number of para-hydroxylation sites is 2. The van der Waals surface area contributed by atoms with Crippen LogP contribution < -0.4 is 0 Å². The van der Waals surface area contributed by atoms with Crippen molar-refractivity contribution >= 4 is 75.4 Å². The zero-order valence-corrected chi connectivity index (χ0v) is 34.3. The lowest BCUT2D eigenvalue weighted by Crippen LogP contribution is -2.01. The van der Waals surface area contributed by atoms with Crippen LogP contribution in [-0.2, 0) is 0 Å². The Labute approximate surface area is 364 Å². The minimum atomic E-state index is 0.547. The van der Waals surface area contributed by atoms with Gasteiger partial charge in [0.1, 0.15) is 11.2 Å². The van der Waals surface area contributed by atoms with E-state index in [1.54, 1.807) is 11.3 Å². The number of hydrogen-bond acceptors (Lipinski definition) is 7. The van der Waals surface area contributed by atoms with Crippen molar-refractivity contribution in [2.75, 3.05) is 0 Å². The van der Waals surface area contributed by atoms with Crippen molar-refractivity contribution in [1.29, 1.82) is 0 Å². The lowest BCUT2D eigenvalue weighted by atomic mass is 9.99. The number of thiophene rings is 1. The van der Waals surface area contributed by atoms with Gasteiger partial charge in [-0.05, 0) is 42.5 Å². The molecule has 294 valence electrons. The van der Waals surface area contributed by atoms with Crippen molar-refractivity contribution in [3.8, 4) is 62.5 Å². The predicted octanol–water partition coefficient (Wildman–Crippen LogP) is 14.4. The lowest BCUT2D eigenvalue weighted by molar-refractivity contribution is 0.669. The number of hydrogen-bond donors (Lipinski definition) is 0. The molecule has 0 N–H and O–H groups in total. The van der Waals surface area contributed by atoms with Gasteiger partial charge in [0.05, 0.1) is 26.9 Å². The fraction of sp³-hybridized carbons (Fsp3) is 0. The Morgan fingerprint density at radius 3 is 1.62 bits per heavy atom. The summed E-state index contributed by atoms with van der Waals surface area (Å²) < 4.78 is 11.2. The molecule has 8 heteroatoms. The van der Waals surface area contributed by atoms with E-state index >= 15 is 0 Å². The summed E-state index contributed by atoms with van der Waals surface area (Å²) in [6, 6.07) is 66.6. The van der Waals surface area contributed by atoms with Gasteiger partial charge in [0.25, 0.3) is 0 Å². The molecule has 0 aliphatic carbocycles. The maximum atomic E-state index is 6.73. The standard InChI is InChI=1S/C55H32N6OS/c1-4-17-33(18-5-1)52-56-49-37-24-11-13-32-45(37)63-51(49)50(57-52)38-25-15-30-43-47(38)48-40(27-16-31-44(48)62-43)55-59-53(34-19-6-2-7-20-34)58-54(60-55)39-26-14-29-42-46(39)36-23-10-12-28-41(36)61(42)35-21-8-3-9-22-35/h1-32H. The molecule has 0 aliphatic rings. The second-order valence-corrected chi connectivity index (χ2v) is 16.6. The summed E-state index contributed by atoms with van der Waals surface area (Å²) in [4.78, 5) is 26.5. The highest BCUT2D eigenvalue weighted by Gasteiger charge is 2.25. The smallest absolute Gasteiger partial charge is 0.164 e. The summed E-state index contributed by atoms with van der Waals surface area (Å²) >= 11 is 1.71. The molecule has 0 radical (unpaired) electrons. The van der Waals surface area contributed by atoms with Gasteiger partial charge in [0.15, 0.2) is 23.3 Å². The molecule has 0 unspecified atom stereocenters. The Morgan fingerprint density at radius 2 is 0.905 bits per heavy atom. The number of nitrogens with zero attached hydrogens (tertiary/aromatic N) is 6. The third-order valence-electron chi connectivity index (χ3n) is 11.9. The minimum Gasteiger partial charge on any atom is -0.456 e. The van der Waals surface area contributed by atoms with Gasteiger partial charge >= 0.3 is 0 Å². The molecular formula is C55H32N6OS. The van der Waals surface area contributed by atoms with Crippen LogP contribution in [0.1, 0.15) is 0 Å². The predicted molar refractivity (Wildman–Crippen MR) is 257 cm³/mol. The minimum absolute atomic E-state index is 0.547. The molecule has 13 rings (SSSR count). The van der Waals surface area contributed by atoms with E-state index in [9.17, 15) is 0 Å². The van der Waals surface area contributed by atoms with Crippen LogP contribution in [-0.4, -0.2) is 29.5 Å². The molecule has 0 spiro atoms. The van der Waals surface area contributed by atoms with Crippen LogP contribution in [0.4, 0.5) is 0 Å². The van der Waals surface area contributed by atoms with Crippen LogP contribution in [0.5, 0.6) is 0 Å². The second kappa shape index (κ2) is 14.1. The molecule has 0 aliphatic heterocycles. The van der Waals surface area contributed by atoms with Gasteiger partial charge in [-0.2, -0.15) is 0 Å². The number of furan rings is 1. The van der Waals surface area contributed by atoms with Gasteiger partial charge in [0.2, 0.25) is 0 Å². The molecule has 5 heterocycles. The summed E-state index contributed by atoms with van der Waals surface area (Å²) in [5.41, 5.74) is 11.1. The zero-order valence-electron chi connectivity index (χ0n) is 33.5. The number of benzene rings is 8. The monoisotopic (exact) mass is 824 g/mol. The van der Waals surface area contributed by atoms with Crippen LogP contribution in [0.2, 0.25) is 0 Å². The van der Waals surface area contributed by atoms with Crippen LogP contribution in [0.25, 0.3) is 127 Å². The normalized spacial score (nSPS) is 11.8. The first kappa shape index (κ1) is 35.4. The van der Waals surface area contributed by atoms with Crippen LogP contribution in [0, 0.1) is 0 Å². The quantitative estimate of drug-likeness (QED) is 0.166. The first-order valence-electron chi connectivity index (χ1n) is 20.8. The van der Waals surface area contributed by atoms with E-state index in [1.165, 1.54) is 0 Å². The molecule has 13 aromatic rings. The fourth-order valence-electron chi connectivity index (χ4n) is 9.13. The van der Waals surface area contributed by atoms with Crippen LogP contribution >= 0.6 is 11.3 Å². The Bertz CT molecular complexity index is 3910. The van der Waals surface area contributed by atoms with Gasteiger partial charge in [-0.3, -0.25) is 0 Å². The van der Waals surface area contributed by atoms with E-state index < -0.39 is 0 Å². The summed E-state index contributed by atoms with van der Waals surface area (Å²) in [5.74, 6) is 2.38. The molecule has 0 amide bonds. The average Bonchev–Trinajstić information content (AvgIpc) is 4.04. The van der Waals surface area contributed by atoms with Gasteiger partial charge in [-0.25, -0.2) is 24.9 Å². The Kier molecular flexibility index (Phi) is 7.94. The molecule has 0 bridgehead atoms. The Hall–Kier alpha value is -8.33. The summed E-state index contributed by atoms with van der Waals surface area (Å²) in [7, 11) is 0.